The summed E-state index contributed by atoms with van der Waals surface area (Å²) in [4.78, 5) is 0. The second-order valence-electron chi connectivity index (χ2n) is 5.14. The van der Waals surface area contributed by atoms with Crippen LogP contribution in [0.2, 0.25) is 0 Å². The van der Waals surface area contributed by atoms with Crippen LogP contribution >= 0.6 is 0 Å². The largest absolute Gasteiger partial charge is 0.497 e. The summed E-state index contributed by atoms with van der Waals surface area (Å²) < 4.78 is 5.22. The number of methoxy groups -OCH3 is 1. The van der Waals surface area contributed by atoms with Gasteiger partial charge < -0.3 is 10.1 Å². The lowest BCUT2D eigenvalue weighted by Gasteiger charge is -2.13. The highest BCUT2D eigenvalue weighted by atomic mass is 16.5. The van der Waals surface area contributed by atoms with Crippen molar-refractivity contribution in [1.82, 2.24) is 5.32 Å². The second kappa shape index (κ2) is 6.06. The van der Waals surface area contributed by atoms with Crippen molar-refractivity contribution in [1.29, 1.82) is 0 Å². The summed E-state index contributed by atoms with van der Waals surface area (Å²) in [5.41, 5.74) is 1.34. The van der Waals surface area contributed by atoms with Crippen molar-refractivity contribution >= 4 is 0 Å². The molecule has 1 unspecified atom stereocenters. The Bertz CT molecular complexity index is 347. The van der Waals surface area contributed by atoms with Crippen LogP contribution in [0.15, 0.2) is 24.3 Å². The molecule has 0 radical (unpaired) electrons. The van der Waals surface area contributed by atoms with Gasteiger partial charge in [0.05, 0.1) is 7.11 Å². The standard InChI is InChI=1S/C15H23NO/c1-12(10-14-6-7-14)16-9-8-13-4-3-5-15(11-13)17-2/h3-5,11-12,14,16H,6-10H2,1-2H3. The van der Waals surface area contributed by atoms with Crippen LogP contribution in [0.4, 0.5) is 0 Å². The fourth-order valence-corrected chi connectivity index (χ4v) is 2.23. The van der Waals surface area contributed by atoms with Gasteiger partial charge in [-0.2, -0.15) is 0 Å². The van der Waals surface area contributed by atoms with Gasteiger partial charge in [0.25, 0.3) is 0 Å². The van der Waals surface area contributed by atoms with Crippen LogP contribution < -0.4 is 10.1 Å². The Morgan fingerprint density at radius 3 is 2.94 bits per heavy atom. The van der Waals surface area contributed by atoms with Crippen LogP contribution in [0, 0.1) is 5.92 Å². The molecule has 1 fully saturated rings. The van der Waals surface area contributed by atoms with Gasteiger partial charge in [-0.15, -0.1) is 0 Å². The highest BCUT2D eigenvalue weighted by Gasteiger charge is 2.22. The Hall–Kier alpha value is -1.02. The lowest BCUT2D eigenvalue weighted by molar-refractivity contribution is 0.414. The van der Waals surface area contributed by atoms with E-state index in [1.807, 2.05) is 6.07 Å². The van der Waals surface area contributed by atoms with E-state index in [4.69, 9.17) is 4.74 Å². The molecule has 0 heterocycles. The molecule has 17 heavy (non-hydrogen) atoms. The molecule has 0 aliphatic heterocycles. The van der Waals surface area contributed by atoms with Crippen molar-refractivity contribution in [2.45, 2.75) is 38.6 Å². The maximum absolute atomic E-state index is 5.22. The predicted octanol–water partition coefficient (Wildman–Crippen LogP) is 3.02. The Balaban J connectivity index is 1.69. The van der Waals surface area contributed by atoms with Gasteiger partial charge in [0.1, 0.15) is 5.75 Å². The first-order chi connectivity index (χ1) is 8.28. The molecule has 1 saturated carbocycles. The van der Waals surface area contributed by atoms with Crippen molar-refractivity contribution in [3.8, 4) is 5.75 Å². The first-order valence-corrected chi connectivity index (χ1v) is 6.64. The molecule has 0 bridgehead atoms. The summed E-state index contributed by atoms with van der Waals surface area (Å²) in [7, 11) is 1.72. The molecule has 1 N–H and O–H groups in total. The minimum atomic E-state index is 0.660. The maximum Gasteiger partial charge on any atom is 0.119 e. The normalized spacial score (nSPS) is 16.8. The molecule has 1 aromatic rings. The molecular formula is C15H23NO. The fourth-order valence-electron chi connectivity index (χ4n) is 2.23. The smallest absolute Gasteiger partial charge is 0.119 e. The molecule has 2 rings (SSSR count). The minimum absolute atomic E-state index is 0.660. The minimum Gasteiger partial charge on any atom is -0.497 e. The zero-order chi connectivity index (χ0) is 12.1. The van der Waals surface area contributed by atoms with Gasteiger partial charge in [-0.25, -0.2) is 0 Å². The van der Waals surface area contributed by atoms with E-state index in [1.165, 1.54) is 24.8 Å². The number of hydrogen-bond acceptors (Lipinski definition) is 2. The summed E-state index contributed by atoms with van der Waals surface area (Å²) in [5, 5.41) is 3.60. The quantitative estimate of drug-likeness (QED) is 0.781. The van der Waals surface area contributed by atoms with E-state index < -0.39 is 0 Å². The molecule has 0 amide bonds. The number of ether oxygens (including phenoxy) is 1. The van der Waals surface area contributed by atoms with Gasteiger partial charge in [0.15, 0.2) is 0 Å². The molecule has 2 heteroatoms. The molecule has 0 saturated heterocycles. The van der Waals surface area contributed by atoms with Gasteiger partial charge in [-0.3, -0.25) is 0 Å². The molecule has 1 aliphatic rings. The summed E-state index contributed by atoms with van der Waals surface area (Å²) in [6.45, 7) is 3.35. The first kappa shape index (κ1) is 12.4. The van der Waals surface area contributed by atoms with Crippen molar-refractivity contribution in [3.63, 3.8) is 0 Å². The van der Waals surface area contributed by atoms with E-state index in [-0.39, 0.29) is 0 Å². The maximum atomic E-state index is 5.22. The molecule has 94 valence electrons. The van der Waals surface area contributed by atoms with E-state index in [0.717, 1.165) is 24.6 Å². The van der Waals surface area contributed by atoms with E-state index in [2.05, 4.69) is 30.4 Å². The Labute approximate surface area is 104 Å². The molecule has 1 aromatic carbocycles. The lowest BCUT2D eigenvalue weighted by Crippen LogP contribution is -2.28. The Kier molecular flexibility index (Phi) is 4.43. The van der Waals surface area contributed by atoms with E-state index >= 15 is 0 Å². The van der Waals surface area contributed by atoms with Crippen LogP contribution in [0.5, 0.6) is 5.75 Å². The highest BCUT2D eigenvalue weighted by molar-refractivity contribution is 5.28. The number of rotatable bonds is 7. The fraction of sp³-hybridized carbons (Fsp3) is 0.600. The summed E-state index contributed by atoms with van der Waals surface area (Å²) >= 11 is 0. The van der Waals surface area contributed by atoms with Gasteiger partial charge in [-0.1, -0.05) is 25.0 Å². The van der Waals surface area contributed by atoms with Crippen LogP contribution in [-0.2, 0) is 6.42 Å². The van der Waals surface area contributed by atoms with E-state index in [0.29, 0.717) is 6.04 Å². The zero-order valence-corrected chi connectivity index (χ0v) is 10.9. The molecule has 0 spiro atoms. The average molecular weight is 233 g/mol. The molecule has 1 aliphatic carbocycles. The number of hydrogen-bond donors (Lipinski definition) is 1. The van der Waals surface area contributed by atoms with Gasteiger partial charge in [0, 0.05) is 6.04 Å². The number of benzene rings is 1. The number of nitrogens with one attached hydrogen (secondary N) is 1. The van der Waals surface area contributed by atoms with E-state index in [1.54, 1.807) is 7.11 Å². The van der Waals surface area contributed by atoms with Crippen molar-refractivity contribution in [2.24, 2.45) is 5.92 Å². The topological polar surface area (TPSA) is 21.3 Å². The lowest BCUT2D eigenvalue weighted by atomic mass is 10.1. The van der Waals surface area contributed by atoms with Crippen molar-refractivity contribution in [3.05, 3.63) is 29.8 Å². The van der Waals surface area contributed by atoms with Crippen molar-refractivity contribution in [2.75, 3.05) is 13.7 Å². The van der Waals surface area contributed by atoms with Crippen LogP contribution in [0.1, 0.15) is 31.7 Å². The van der Waals surface area contributed by atoms with E-state index in [9.17, 15) is 0 Å². The zero-order valence-electron chi connectivity index (χ0n) is 10.9. The monoisotopic (exact) mass is 233 g/mol. The van der Waals surface area contributed by atoms with Crippen LogP contribution in [-0.4, -0.2) is 19.7 Å². The van der Waals surface area contributed by atoms with Crippen molar-refractivity contribution < 1.29 is 4.74 Å². The Morgan fingerprint density at radius 1 is 1.41 bits per heavy atom. The second-order valence-corrected chi connectivity index (χ2v) is 5.14. The van der Waals surface area contributed by atoms with Crippen LogP contribution in [0.3, 0.4) is 0 Å². The first-order valence-electron chi connectivity index (χ1n) is 6.64. The summed E-state index contributed by atoms with van der Waals surface area (Å²) in [5.74, 6) is 1.96. The molecular weight excluding hydrogens is 210 g/mol. The molecule has 1 atom stereocenters. The van der Waals surface area contributed by atoms with Gasteiger partial charge in [-0.05, 0) is 49.9 Å². The average Bonchev–Trinajstić information content (AvgIpc) is 3.13. The van der Waals surface area contributed by atoms with Gasteiger partial charge >= 0.3 is 0 Å². The third kappa shape index (κ3) is 4.39. The molecule has 0 aromatic heterocycles. The molecule has 2 nitrogen and oxygen atoms in total. The third-order valence-corrected chi connectivity index (χ3v) is 3.42. The SMILES string of the molecule is COc1cccc(CCNC(C)CC2CC2)c1. The highest BCUT2D eigenvalue weighted by Crippen LogP contribution is 2.33. The van der Waals surface area contributed by atoms with Gasteiger partial charge in [0.2, 0.25) is 0 Å². The summed E-state index contributed by atoms with van der Waals surface area (Å²) in [6.07, 6.45) is 5.31. The summed E-state index contributed by atoms with van der Waals surface area (Å²) in [6, 6.07) is 8.99. The third-order valence-electron chi connectivity index (χ3n) is 3.42. The Morgan fingerprint density at radius 2 is 2.24 bits per heavy atom. The van der Waals surface area contributed by atoms with Crippen LogP contribution in [0.25, 0.3) is 0 Å². The predicted molar refractivity (Wildman–Crippen MR) is 71.5 cm³/mol.